The molecule has 6 nitrogen and oxygen atoms in total. The van der Waals surface area contributed by atoms with Crippen molar-refractivity contribution in [2.45, 2.75) is 37.0 Å². The number of halogens is 2. The van der Waals surface area contributed by atoms with E-state index in [1.807, 2.05) is 17.0 Å². The Hall–Kier alpha value is -1.38. The Kier molecular flexibility index (Phi) is 8.44. The molecule has 2 aliphatic rings. The van der Waals surface area contributed by atoms with Crippen molar-refractivity contribution in [1.29, 1.82) is 0 Å². The van der Waals surface area contributed by atoms with Gasteiger partial charge in [0, 0.05) is 37.1 Å². The van der Waals surface area contributed by atoms with Crippen LogP contribution in [0.15, 0.2) is 41.3 Å². The van der Waals surface area contributed by atoms with Crippen molar-refractivity contribution in [3.05, 3.63) is 41.4 Å². The highest BCUT2D eigenvalue weighted by atomic mass is 35.5. The quantitative estimate of drug-likeness (QED) is 0.690. The standard InChI is InChI=1S/C23H30ClN3O3S.ClH/c24-21-8-6-20-15-22(9-7-19(20)14-21)31(29,30)27-11-1-10-26(12-13-27)23(28)18-4-2-17(16-25)3-5-18;/h6-9,14-15,17-18H,1-5,10-13,16,25H2;1H/t17-,18-;. The van der Waals surface area contributed by atoms with Crippen LogP contribution in [0.5, 0.6) is 0 Å². The maximum absolute atomic E-state index is 13.3. The molecule has 2 aromatic carbocycles. The van der Waals surface area contributed by atoms with Gasteiger partial charge in [-0.2, -0.15) is 4.31 Å². The van der Waals surface area contributed by atoms with Gasteiger partial charge < -0.3 is 10.6 Å². The third-order valence-corrected chi connectivity index (χ3v) is 8.84. The molecule has 0 bridgehead atoms. The van der Waals surface area contributed by atoms with E-state index in [2.05, 4.69) is 0 Å². The Balaban J connectivity index is 0.00000289. The molecule has 1 saturated carbocycles. The molecule has 0 radical (unpaired) electrons. The molecule has 0 aromatic heterocycles. The Morgan fingerprint density at radius 3 is 2.38 bits per heavy atom. The number of rotatable bonds is 4. The summed E-state index contributed by atoms with van der Waals surface area (Å²) < 4.78 is 28.1. The SMILES string of the molecule is Cl.NC[C@H]1CC[C@H](C(=O)N2CCCN(S(=O)(=O)c3ccc4cc(Cl)ccc4c3)CC2)CC1. The van der Waals surface area contributed by atoms with E-state index in [0.29, 0.717) is 50.1 Å². The average molecular weight is 500 g/mol. The molecule has 0 spiro atoms. The van der Waals surface area contributed by atoms with Crippen molar-refractivity contribution in [3.8, 4) is 0 Å². The zero-order valence-electron chi connectivity index (χ0n) is 18.1. The molecule has 1 amide bonds. The van der Waals surface area contributed by atoms with Crippen molar-refractivity contribution in [3.63, 3.8) is 0 Å². The van der Waals surface area contributed by atoms with Crippen molar-refractivity contribution in [1.82, 2.24) is 9.21 Å². The highest BCUT2D eigenvalue weighted by Gasteiger charge is 2.32. The Morgan fingerprint density at radius 1 is 0.969 bits per heavy atom. The molecule has 1 aliphatic heterocycles. The number of nitrogens with two attached hydrogens (primary N) is 1. The maximum atomic E-state index is 13.3. The number of fused-ring (bicyclic) bond motifs is 1. The molecule has 32 heavy (non-hydrogen) atoms. The monoisotopic (exact) mass is 499 g/mol. The van der Waals surface area contributed by atoms with Gasteiger partial charge in [-0.05, 0) is 79.6 Å². The summed E-state index contributed by atoms with van der Waals surface area (Å²) in [6, 6.07) is 10.5. The maximum Gasteiger partial charge on any atom is 0.243 e. The third-order valence-electron chi connectivity index (χ3n) is 6.71. The fourth-order valence-electron chi connectivity index (χ4n) is 4.76. The minimum atomic E-state index is -3.62. The van der Waals surface area contributed by atoms with Gasteiger partial charge in [-0.3, -0.25) is 4.79 Å². The number of sulfonamides is 1. The summed E-state index contributed by atoms with van der Waals surface area (Å²) in [5.74, 6) is 0.766. The van der Waals surface area contributed by atoms with E-state index >= 15 is 0 Å². The van der Waals surface area contributed by atoms with Crippen molar-refractivity contribution in [2.24, 2.45) is 17.6 Å². The number of hydrogen-bond donors (Lipinski definition) is 1. The molecule has 176 valence electrons. The first-order valence-electron chi connectivity index (χ1n) is 11.1. The van der Waals surface area contributed by atoms with Crippen molar-refractivity contribution < 1.29 is 13.2 Å². The topological polar surface area (TPSA) is 83.7 Å². The number of nitrogens with zero attached hydrogens (tertiary/aromatic N) is 2. The lowest BCUT2D eigenvalue weighted by Gasteiger charge is -2.31. The number of carbonyl (C=O) groups excluding carboxylic acids is 1. The largest absolute Gasteiger partial charge is 0.341 e. The van der Waals surface area contributed by atoms with Crippen molar-refractivity contribution >= 4 is 50.7 Å². The van der Waals surface area contributed by atoms with Crippen LogP contribution in [0.1, 0.15) is 32.1 Å². The van der Waals surface area contributed by atoms with Crippen molar-refractivity contribution in [2.75, 3.05) is 32.7 Å². The normalized spacial score (nSPS) is 22.9. The lowest BCUT2D eigenvalue weighted by atomic mass is 9.81. The van der Waals surface area contributed by atoms with Crippen LogP contribution in [0.3, 0.4) is 0 Å². The van der Waals surface area contributed by atoms with Crippen LogP contribution in [0, 0.1) is 11.8 Å². The fourth-order valence-corrected chi connectivity index (χ4v) is 6.45. The summed E-state index contributed by atoms with van der Waals surface area (Å²) in [4.78, 5) is 15.2. The second-order valence-electron chi connectivity index (χ2n) is 8.69. The molecule has 1 aliphatic carbocycles. The van der Waals surface area contributed by atoms with Crippen LogP contribution in [0.4, 0.5) is 0 Å². The zero-order chi connectivity index (χ0) is 22.0. The van der Waals surface area contributed by atoms with Gasteiger partial charge in [0.2, 0.25) is 15.9 Å². The molecule has 2 N–H and O–H groups in total. The van der Waals surface area contributed by atoms with Crippen LogP contribution in [0.2, 0.25) is 5.02 Å². The van der Waals surface area contributed by atoms with E-state index in [4.69, 9.17) is 17.3 Å². The summed E-state index contributed by atoms with van der Waals surface area (Å²) in [7, 11) is -3.62. The first kappa shape index (κ1) is 25.2. The number of hydrogen-bond acceptors (Lipinski definition) is 4. The summed E-state index contributed by atoms with van der Waals surface area (Å²) in [6.45, 7) is 2.49. The Bertz CT molecular complexity index is 1060. The Labute approximate surface area is 201 Å². The summed E-state index contributed by atoms with van der Waals surface area (Å²) in [5, 5.41) is 2.37. The lowest BCUT2D eigenvalue weighted by Crippen LogP contribution is -2.41. The van der Waals surface area contributed by atoms with Crippen LogP contribution >= 0.6 is 24.0 Å². The second-order valence-corrected chi connectivity index (χ2v) is 11.1. The molecular weight excluding hydrogens is 469 g/mol. The highest BCUT2D eigenvalue weighted by Crippen LogP contribution is 2.30. The van der Waals surface area contributed by atoms with E-state index in [1.54, 1.807) is 24.3 Å². The molecule has 0 atom stereocenters. The van der Waals surface area contributed by atoms with E-state index in [1.165, 1.54) is 4.31 Å². The van der Waals surface area contributed by atoms with E-state index < -0.39 is 10.0 Å². The van der Waals surface area contributed by atoms with Gasteiger partial charge in [-0.25, -0.2) is 8.42 Å². The number of benzene rings is 2. The van der Waals surface area contributed by atoms with Crippen LogP contribution < -0.4 is 5.73 Å². The highest BCUT2D eigenvalue weighted by molar-refractivity contribution is 7.89. The molecule has 2 aromatic rings. The smallest absolute Gasteiger partial charge is 0.243 e. The molecule has 1 heterocycles. The van der Waals surface area contributed by atoms with E-state index in [-0.39, 0.29) is 29.1 Å². The van der Waals surface area contributed by atoms with Crippen LogP contribution in [-0.4, -0.2) is 56.3 Å². The predicted octanol–water partition coefficient (Wildman–Crippen LogP) is 3.90. The summed E-state index contributed by atoms with van der Waals surface area (Å²) >= 11 is 6.03. The molecule has 1 saturated heterocycles. The summed E-state index contributed by atoms with van der Waals surface area (Å²) in [5.41, 5.74) is 5.77. The number of carbonyl (C=O) groups is 1. The van der Waals surface area contributed by atoms with E-state index in [0.717, 1.165) is 36.5 Å². The summed E-state index contributed by atoms with van der Waals surface area (Å²) in [6.07, 6.45) is 4.44. The molecule has 9 heteroatoms. The van der Waals surface area contributed by atoms with E-state index in [9.17, 15) is 13.2 Å². The van der Waals surface area contributed by atoms with Gasteiger partial charge in [0.15, 0.2) is 0 Å². The first-order chi connectivity index (χ1) is 14.9. The van der Waals surface area contributed by atoms with Crippen LogP contribution in [0.25, 0.3) is 10.8 Å². The average Bonchev–Trinajstić information content (AvgIpc) is 3.05. The number of amides is 1. The van der Waals surface area contributed by atoms with Gasteiger partial charge in [-0.1, -0.05) is 23.7 Å². The van der Waals surface area contributed by atoms with Gasteiger partial charge in [0.25, 0.3) is 0 Å². The minimum Gasteiger partial charge on any atom is -0.341 e. The molecular formula is C23H31Cl2N3O3S. The van der Waals surface area contributed by atoms with Crippen LogP contribution in [-0.2, 0) is 14.8 Å². The first-order valence-corrected chi connectivity index (χ1v) is 12.9. The second kappa shape index (κ2) is 10.7. The van der Waals surface area contributed by atoms with Gasteiger partial charge in [0.05, 0.1) is 4.90 Å². The lowest BCUT2D eigenvalue weighted by molar-refractivity contribution is -0.136. The molecule has 4 rings (SSSR count). The predicted molar refractivity (Wildman–Crippen MR) is 131 cm³/mol. The third kappa shape index (κ3) is 5.39. The minimum absolute atomic E-state index is 0. The Morgan fingerprint density at radius 2 is 1.66 bits per heavy atom. The molecule has 2 fully saturated rings. The van der Waals surface area contributed by atoms with Gasteiger partial charge >= 0.3 is 0 Å². The fraction of sp³-hybridized carbons (Fsp3) is 0.522. The van der Waals surface area contributed by atoms with Gasteiger partial charge in [-0.15, -0.1) is 12.4 Å². The zero-order valence-corrected chi connectivity index (χ0v) is 20.5. The van der Waals surface area contributed by atoms with Gasteiger partial charge in [0.1, 0.15) is 0 Å². The molecule has 0 unspecified atom stereocenters.